The highest BCUT2D eigenvalue weighted by molar-refractivity contribution is 6.13. The molecular formula is C18H23N5O2. The predicted molar refractivity (Wildman–Crippen MR) is 97.7 cm³/mol. The summed E-state index contributed by atoms with van der Waals surface area (Å²) in [6.07, 6.45) is 4.30. The standard InChI is InChI=1S/C18H23N5O2/c1-11(2)6-14(10-24)20-18-21-16(17(25)23(18)3)8-12-4-5-15-13(7-12)9-19-22-15/h4-5,7-9,11,14,24H,6,10H2,1-3H3,(H,19,22)(H,20,21)/b16-8-/t14-/m1/s1. The molecule has 0 spiro atoms. The summed E-state index contributed by atoms with van der Waals surface area (Å²) in [5.74, 6) is 0.737. The van der Waals surface area contributed by atoms with Crippen LogP contribution in [0.1, 0.15) is 25.8 Å². The predicted octanol–water partition coefficient (Wildman–Crippen LogP) is 1.73. The van der Waals surface area contributed by atoms with Gasteiger partial charge in [-0.05, 0) is 36.1 Å². The van der Waals surface area contributed by atoms with Gasteiger partial charge in [0.2, 0.25) is 5.96 Å². The van der Waals surface area contributed by atoms with E-state index in [1.54, 1.807) is 19.3 Å². The molecule has 1 aromatic carbocycles. The number of aliphatic imine (C=N–C) groups is 1. The molecule has 132 valence electrons. The summed E-state index contributed by atoms with van der Waals surface area (Å²) in [6, 6.07) is 5.66. The number of carbonyl (C=O) groups excluding carboxylic acids is 1. The summed E-state index contributed by atoms with van der Waals surface area (Å²) in [6.45, 7) is 4.18. The van der Waals surface area contributed by atoms with Crippen LogP contribution in [-0.4, -0.2) is 51.8 Å². The molecule has 0 fully saturated rings. The monoisotopic (exact) mass is 341 g/mol. The van der Waals surface area contributed by atoms with Gasteiger partial charge in [-0.1, -0.05) is 19.9 Å². The molecule has 25 heavy (non-hydrogen) atoms. The van der Waals surface area contributed by atoms with Gasteiger partial charge in [-0.15, -0.1) is 0 Å². The molecule has 3 rings (SSSR count). The fourth-order valence-electron chi connectivity index (χ4n) is 2.87. The summed E-state index contributed by atoms with van der Waals surface area (Å²) in [5.41, 5.74) is 2.20. The number of likely N-dealkylation sites (N-methyl/N-ethyl adjacent to an activating group) is 1. The number of fused-ring (bicyclic) bond motifs is 1. The van der Waals surface area contributed by atoms with Crippen LogP contribution in [0.15, 0.2) is 35.1 Å². The molecule has 0 bridgehead atoms. The number of hydrogen-bond donors (Lipinski definition) is 3. The van der Waals surface area contributed by atoms with E-state index in [9.17, 15) is 9.90 Å². The Morgan fingerprint density at radius 1 is 1.40 bits per heavy atom. The number of amides is 1. The van der Waals surface area contributed by atoms with E-state index < -0.39 is 0 Å². The molecule has 1 aromatic heterocycles. The Morgan fingerprint density at radius 2 is 2.20 bits per heavy atom. The van der Waals surface area contributed by atoms with Crippen molar-refractivity contribution >= 4 is 28.8 Å². The van der Waals surface area contributed by atoms with Crippen LogP contribution in [-0.2, 0) is 4.79 Å². The number of aromatic nitrogens is 2. The maximum Gasteiger partial charge on any atom is 0.279 e. The molecular weight excluding hydrogens is 318 g/mol. The number of nitrogens with one attached hydrogen (secondary N) is 2. The van der Waals surface area contributed by atoms with E-state index in [0.29, 0.717) is 17.6 Å². The number of aliphatic hydroxyl groups is 1. The van der Waals surface area contributed by atoms with E-state index in [0.717, 1.165) is 22.9 Å². The van der Waals surface area contributed by atoms with E-state index in [1.807, 2.05) is 18.2 Å². The third-order valence-electron chi connectivity index (χ3n) is 4.14. The summed E-state index contributed by atoms with van der Waals surface area (Å²) in [4.78, 5) is 18.3. The van der Waals surface area contributed by atoms with E-state index in [-0.39, 0.29) is 18.6 Å². The Morgan fingerprint density at radius 3 is 2.92 bits per heavy atom. The molecule has 0 radical (unpaired) electrons. The average Bonchev–Trinajstić information content (AvgIpc) is 3.14. The lowest BCUT2D eigenvalue weighted by Crippen LogP contribution is -2.45. The third-order valence-corrected chi connectivity index (χ3v) is 4.14. The van der Waals surface area contributed by atoms with Crippen molar-refractivity contribution in [2.45, 2.75) is 26.3 Å². The van der Waals surface area contributed by atoms with Crippen LogP contribution in [0.25, 0.3) is 17.0 Å². The smallest absolute Gasteiger partial charge is 0.279 e. The molecule has 0 saturated heterocycles. The fraction of sp³-hybridized carbons (Fsp3) is 0.389. The lowest BCUT2D eigenvalue weighted by molar-refractivity contribution is -0.121. The molecule has 2 heterocycles. The molecule has 0 saturated carbocycles. The summed E-state index contributed by atoms with van der Waals surface area (Å²) < 4.78 is 0. The lowest BCUT2D eigenvalue weighted by atomic mass is 10.0. The van der Waals surface area contributed by atoms with Crippen LogP contribution in [0.4, 0.5) is 0 Å². The summed E-state index contributed by atoms with van der Waals surface area (Å²) >= 11 is 0. The number of H-pyrrole nitrogens is 1. The molecule has 1 atom stereocenters. The van der Waals surface area contributed by atoms with Crippen molar-refractivity contribution < 1.29 is 9.90 Å². The molecule has 7 nitrogen and oxygen atoms in total. The first-order chi connectivity index (χ1) is 12.0. The fourth-order valence-corrected chi connectivity index (χ4v) is 2.87. The van der Waals surface area contributed by atoms with Crippen molar-refractivity contribution in [3.05, 3.63) is 35.7 Å². The minimum atomic E-state index is -0.170. The SMILES string of the molecule is CC(C)C[C@H](CO)NC1=N/C(=C\c2ccc3[nH]ncc3c2)C(=O)N1C. The van der Waals surface area contributed by atoms with Gasteiger partial charge in [0.05, 0.1) is 24.4 Å². The summed E-state index contributed by atoms with van der Waals surface area (Å²) in [7, 11) is 1.68. The second-order valence-electron chi connectivity index (χ2n) is 6.70. The Kier molecular flexibility index (Phi) is 4.85. The maximum atomic E-state index is 12.4. The lowest BCUT2D eigenvalue weighted by Gasteiger charge is -2.21. The van der Waals surface area contributed by atoms with E-state index in [2.05, 4.69) is 34.4 Å². The van der Waals surface area contributed by atoms with Gasteiger partial charge in [-0.25, -0.2) is 4.99 Å². The normalized spacial score (nSPS) is 17.6. The molecule has 1 aliphatic rings. The van der Waals surface area contributed by atoms with Gasteiger partial charge >= 0.3 is 0 Å². The zero-order chi connectivity index (χ0) is 18.0. The first-order valence-corrected chi connectivity index (χ1v) is 8.37. The number of nitrogens with zero attached hydrogens (tertiary/aromatic N) is 3. The number of aromatic amines is 1. The van der Waals surface area contributed by atoms with Crippen LogP contribution < -0.4 is 5.32 Å². The van der Waals surface area contributed by atoms with E-state index in [4.69, 9.17) is 0 Å². The zero-order valence-electron chi connectivity index (χ0n) is 14.7. The van der Waals surface area contributed by atoms with Gasteiger partial charge in [0.1, 0.15) is 5.70 Å². The van der Waals surface area contributed by atoms with Crippen LogP contribution in [0.3, 0.4) is 0 Å². The Labute approximate surface area is 146 Å². The topological polar surface area (TPSA) is 93.6 Å². The number of aliphatic hydroxyl groups excluding tert-OH is 1. The van der Waals surface area contributed by atoms with E-state index >= 15 is 0 Å². The van der Waals surface area contributed by atoms with Gasteiger partial charge in [-0.3, -0.25) is 14.8 Å². The summed E-state index contributed by atoms with van der Waals surface area (Å²) in [5, 5.41) is 20.6. The van der Waals surface area contributed by atoms with Crippen molar-refractivity contribution in [3.63, 3.8) is 0 Å². The molecule has 0 unspecified atom stereocenters. The van der Waals surface area contributed by atoms with Gasteiger partial charge in [0, 0.05) is 12.4 Å². The van der Waals surface area contributed by atoms with Crippen molar-refractivity contribution in [2.75, 3.05) is 13.7 Å². The number of guanidine groups is 1. The molecule has 1 amide bonds. The minimum absolute atomic E-state index is 0.00453. The van der Waals surface area contributed by atoms with E-state index in [1.165, 1.54) is 4.90 Å². The first kappa shape index (κ1) is 17.2. The quantitative estimate of drug-likeness (QED) is 0.722. The van der Waals surface area contributed by atoms with Crippen molar-refractivity contribution in [1.29, 1.82) is 0 Å². The van der Waals surface area contributed by atoms with Gasteiger partial charge in [0.15, 0.2) is 0 Å². The van der Waals surface area contributed by atoms with Gasteiger partial charge in [0.25, 0.3) is 5.91 Å². The highest BCUT2D eigenvalue weighted by Crippen LogP contribution is 2.20. The minimum Gasteiger partial charge on any atom is -0.394 e. The number of hydrogen-bond acceptors (Lipinski definition) is 5. The Hall–Kier alpha value is -2.67. The Bertz CT molecular complexity index is 837. The molecule has 3 N–H and O–H groups in total. The van der Waals surface area contributed by atoms with Crippen LogP contribution in [0.5, 0.6) is 0 Å². The average molecular weight is 341 g/mol. The zero-order valence-corrected chi connectivity index (χ0v) is 14.7. The number of carbonyl (C=O) groups is 1. The largest absolute Gasteiger partial charge is 0.394 e. The number of rotatable bonds is 5. The van der Waals surface area contributed by atoms with Crippen LogP contribution in [0.2, 0.25) is 0 Å². The molecule has 2 aromatic rings. The third kappa shape index (κ3) is 3.71. The molecule has 0 aliphatic carbocycles. The second-order valence-corrected chi connectivity index (χ2v) is 6.70. The van der Waals surface area contributed by atoms with Gasteiger partial charge < -0.3 is 10.4 Å². The number of benzene rings is 1. The second kappa shape index (κ2) is 7.06. The van der Waals surface area contributed by atoms with Crippen LogP contribution >= 0.6 is 0 Å². The highest BCUT2D eigenvalue weighted by atomic mass is 16.3. The molecule has 7 heteroatoms. The van der Waals surface area contributed by atoms with Gasteiger partial charge in [-0.2, -0.15) is 5.10 Å². The Balaban J connectivity index is 1.83. The first-order valence-electron chi connectivity index (χ1n) is 8.37. The van der Waals surface area contributed by atoms with Crippen molar-refractivity contribution in [1.82, 2.24) is 20.4 Å². The van der Waals surface area contributed by atoms with Crippen molar-refractivity contribution in [3.8, 4) is 0 Å². The molecule has 1 aliphatic heterocycles. The van der Waals surface area contributed by atoms with Crippen molar-refractivity contribution in [2.24, 2.45) is 10.9 Å². The van der Waals surface area contributed by atoms with Crippen LogP contribution in [0, 0.1) is 5.92 Å². The highest BCUT2D eigenvalue weighted by Gasteiger charge is 2.28. The maximum absolute atomic E-state index is 12.4.